The molecule has 1 aromatic heterocycles. The second-order valence-corrected chi connectivity index (χ2v) is 9.35. The zero-order valence-corrected chi connectivity index (χ0v) is 21.1. The molecule has 3 N–H and O–H groups in total. The molecule has 10 heteroatoms. The molecular weight excluding hydrogens is 448 g/mol. The van der Waals surface area contributed by atoms with Gasteiger partial charge in [0.2, 0.25) is 5.91 Å². The van der Waals surface area contributed by atoms with E-state index in [0.717, 1.165) is 17.5 Å². The topological polar surface area (TPSA) is 134 Å². The number of hydrogen-bond acceptors (Lipinski definition) is 6. The monoisotopic (exact) mass is 482 g/mol. The van der Waals surface area contributed by atoms with Crippen LogP contribution in [0.25, 0.3) is 0 Å². The molecule has 10 nitrogen and oxygen atoms in total. The first kappa shape index (κ1) is 25.9. The van der Waals surface area contributed by atoms with Gasteiger partial charge in [0.05, 0.1) is 5.69 Å². The highest BCUT2D eigenvalue weighted by Crippen LogP contribution is 2.27. The molecule has 1 aliphatic rings. The summed E-state index contributed by atoms with van der Waals surface area (Å²) >= 11 is 0. The number of nitrogens with two attached hydrogens (primary N) is 1. The lowest BCUT2D eigenvalue weighted by atomic mass is 10.1. The molecule has 0 spiro atoms. The Morgan fingerprint density at radius 3 is 2.57 bits per heavy atom. The molecular formula is C25H34N6O4. The molecule has 1 aliphatic heterocycles. The molecule has 2 aromatic rings. The van der Waals surface area contributed by atoms with Gasteiger partial charge in [0, 0.05) is 25.9 Å². The van der Waals surface area contributed by atoms with Crippen LogP contribution >= 0.6 is 0 Å². The van der Waals surface area contributed by atoms with Gasteiger partial charge in [0.25, 0.3) is 11.5 Å². The first-order valence-corrected chi connectivity index (χ1v) is 12.0. The number of carbonyl (C=O) groups is 2. The number of amides is 2. The number of aromatic nitrogens is 2. The lowest BCUT2D eigenvalue weighted by Crippen LogP contribution is -2.46. The van der Waals surface area contributed by atoms with Gasteiger partial charge < -0.3 is 5.73 Å². The van der Waals surface area contributed by atoms with Crippen molar-refractivity contribution >= 4 is 34.7 Å². The maximum absolute atomic E-state index is 13.7. The van der Waals surface area contributed by atoms with Crippen LogP contribution in [-0.4, -0.2) is 33.6 Å². The molecule has 0 radical (unpaired) electrons. The second kappa shape index (κ2) is 10.7. The molecule has 0 atom stereocenters. The molecule has 2 heterocycles. The minimum atomic E-state index is -0.726. The molecule has 0 saturated carbocycles. The van der Waals surface area contributed by atoms with Crippen LogP contribution in [0.1, 0.15) is 57.6 Å². The van der Waals surface area contributed by atoms with Gasteiger partial charge in [-0.3, -0.25) is 28.8 Å². The van der Waals surface area contributed by atoms with Crippen molar-refractivity contribution in [3.63, 3.8) is 0 Å². The number of anilines is 3. The number of unbranched alkanes of at least 4 members (excludes halogenated alkanes) is 1. The highest BCUT2D eigenvalue weighted by molar-refractivity contribution is 6.45. The number of benzene rings is 1. The van der Waals surface area contributed by atoms with Crippen LogP contribution in [0.5, 0.6) is 0 Å². The van der Waals surface area contributed by atoms with E-state index in [-0.39, 0.29) is 48.4 Å². The fourth-order valence-electron chi connectivity index (χ4n) is 4.01. The number of aryl methyl sites for hydroxylation is 2. The van der Waals surface area contributed by atoms with Gasteiger partial charge >= 0.3 is 5.69 Å². The Kier molecular flexibility index (Phi) is 7.93. The molecule has 1 aromatic carbocycles. The second-order valence-electron chi connectivity index (χ2n) is 9.35. The average Bonchev–Trinajstić information content (AvgIpc) is 2.80. The predicted molar refractivity (Wildman–Crippen MR) is 138 cm³/mol. The standard InChI is InChI=1S/C25H34N6O4/c1-6-7-12-29(21-22(26)30(14-15(2)3)25(35)27-23(21)33)24(34)18-10-11-20(32)31(28-18)19-13-16(4)8-9-17(19)5/h8-9,13,15H,6-7,10-12,14,26H2,1-5H3,(H,27,33,35). The molecule has 0 saturated heterocycles. The first-order valence-electron chi connectivity index (χ1n) is 12.0. The predicted octanol–water partition coefficient (Wildman–Crippen LogP) is 2.71. The number of nitrogens with one attached hydrogen (secondary N) is 1. The van der Waals surface area contributed by atoms with Crippen molar-refractivity contribution in [3.05, 3.63) is 50.2 Å². The van der Waals surface area contributed by atoms with Gasteiger partial charge in [-0.15, -0.1) is 0 Å². The Morgan fingerprint density at radius 1 is 1.20 bits per heavy atom. The summed E-state index contributed by atoms with van der Waals surface area (Å²) in [5, 5.41) is 5.69. The van der Waals surface area contributed by atoms with E-state index < -0.39 is 17.2 Å². The molecule has 0 aliphatic carbocycles. The Morgan fingerprint density at radius 2 is 1.91 bits per heavy atom. The van der Waals surface area contributed by atoms with Crippen LogP contribution in [0.4, 0.5) is 17.2 Å². The van der Waals surface area contributed by atoms with Crippen LogP contribution < -0.4 is 26.9 Å². The minimum Gasteiger partial charge on any atom is -0.383 e. The summed E-state index contributed by atoms with van der Waals surface area (Å²) in [6.45, 7) is 10.1. The van der Waals surface area contributed by atoms with Gasteiger partial charge in [0.15, 0.2) is 5.69 Å². The lowest BCUT2D eigenvalue weighted by Gasteiger charge is -2.29. The summed E-state index contributed by atoms with van der Waals surface area (Å²) in [6, 6.07) is 5.69. The molecule has 188 valence electrons. The van der Waals surface area contributed by atoms with Crippen molar-refractivity contribution in [1.29, 1.82) is 0 Å². The summed E-state index contributed by atoms with van der Waals surface area (Å²) in [5.74, 6) is -0.685. The van der Waals surface area contributed by atoms with Crippen LogP contribution in [-0.2, 0) is 16.1 Å². The van der Waals surface area contributed by atoms with E-state index in [2.05, 4.69) is 10.1 Å². The molecule has 3 rings (SSSR count). The Hall–Kier alpha value is -3.69. The fraction of sp³-hybridized carbons (Fsp3) is 0.480. The van der Waals surface area contributed by atoms with Crippen LogP contribution in [0.2, 0.25) is 0 Å². The highest BCUT2D eigenvalue weighted by Gasteiger charge is 2.32. The van der Waals surface area contributed by atoms with Gasteiger partial charge in [-0.05, 0) is 43.4 Å². The maximum atomic E-state index is 13.7. The van der Waals surface area contributed by atoms with E-state index in [4.69, 9.17) is 5.73 Å². The highest BCUT2D eigenvalue weighted by atomic mass is 16.2. The van der Waals surface area contributed by atoms with Crippen molar-refractivity contribution in [2.24, 2.45) is 11.0 Å². The molecule has 2 amide bonds. The summed E-state index contributed by atoms with van der Waals surface area (Å²) in [7, 11) is 0. The van der Waals surface area contributed by atoms with E-state index in [1.54, 1.807) is 0 Å². The quantitative estimate of drug-likeness (QED) is 0.597. The van der Waals surface area contributed by atoms with Gasteiger partial charge in [-0.2, -0.15) is 5.10 Å². The number of H-pyrrole nitrogens is 1. The van der Waals surface area contributed by atoms with E-state index in [1.165, 1.54) is 14.5 Å². The number of nitrogens with zero attached hydrogens (tertiary/aromatic N) is 4. The zero-order valence-electron chi connectivity index (χ0n) is 21.1. The van der Waals surface area contributed by atoms with Crippen molar-refractivity contribution < 1.29 is 9.59 Å². The minimum absolute atomic E-state index is 0.0595. The summed E-state index contributed by atoms with van der Waals surface area (Å²) in [5.41, 5.74) is 7.47. The third-order valence-electron chi connectivity index (χ3n) is 5.88. The van der Waals surface area contributed by atoms with E-state index in [0.29, 0.717) is 18.7 Å². The van der Waals surface area contributed by atoms with Crippen molar-refractivity contribution in [2.45, 2.75) is 66.8 Å². The number of rotatable bonds is 8. The normalized spacial score (nSPS) is 13.8. The molecule has 0 bridgehead atoms. The van der Waals surface area contributed by atoms with Gasteiger partial charge in [-0.25, -0.2) is 9.80 Å². The number of carbonyl (C=O) groups excluding carboxylic acids is 2. The van der Waals surface area contributed by atoms with E-state index in [9.17, 15) is 19.2 Å². The summed E-state index contributed by atoms with van der Waals surface area (Å²) in [4.78, 5) is 55.3. The largest absolute Gasteiger partial charge is 0.383 e. The van der Waals surface area contributed by atoms with E-state index >= 15 is 0 Å². The number of nitrogen functional groups attached to an aromatic ring is 1. The van der Waals surface area contributed by atoms with E-state index in [1.807, 2.05) is 52.8 Å². The van der Waals surface area contributed by atoms with Crippen LogP contribution in [0, 0.1) is 19.8 Å². The smallest absolute Gasteiger partial charge is 0.330 e. The zero-order chi connectivity index (χ0) is 25.9. The number of hydrogen-bond donors (Lipinski definition) is 2. The third kappa shape index (κ3) is 5.52. The van der Waals surface area contributed by atoms with Gasteiger partial charge in [-0.1, -0.05) is 39.3 Å². The summed E-state index contributed by atoms with van der Waals surface area (Å²) in [6.07, 6.45) is 1.64. The average molecular weight is 483 g/mol. The SMILES string of the molecule is CCCCN(C(=O)C1=NN(c2cc(C)ccc2C)C(=O)CC1)c1c(N)n(CC(C)C)c(=O)[nH]c1=O. The lowest BCUT2D eigenvalue weighted by molar-refractivity contribution is -0.118. The van der Waals surface area contributed by atoms with Crippen molar-refractivity contribution in [1.82, 2.24) is 9.55 Å². The van der Waals surface area contributed by atoms with Gasteiger partial charge in [0.1, 0.15) is 11.5 Å². The Balaban J connectivity index is 2.10. The van der Waals surface area contributed by atoms with Crippen molar-refractivity contribution in [3.8, 4) is 0 Å². The Bertz CT molecular complexity index is 1270. The summed E-state index contributed by atoms with van der Waals surface area (Å²) < 4.78 is 1.28. The maximum Gasteiger partial charge on any atom is 0.330 e. The number of hydrazone groups is 1. The molecule has 35 heavy (non-hydrogen) atoms. The molecule has 0 fully saturated rings. The number of aromatic amines is 1. The first-order chi connectivity index (χ1) is 16.5. The van der Waals surface area contributed by atoms with Crippen LogP contribution in [0.3, 0.4) is 0 Å². The third-order valence-corrected chi connectivity index (χ3v) is 5.88. The van der Waals surface area contributed by atoms with Crippen molar-refractivity contribution in [2.75, 3.05) is 22.2 Å². The van der Waals surface area contributed by atoms with Crippen LogP contribution in [0.15, 0.2) is 32.9 Å². The fourth-order valence-corrected chi connectivity index (χ4v) is 4.01. The molecule has 0 unspecified atom stereocenters. The Labute approximate surface area is 204 Å².